The number of rotatable bonds is 3. The van der Waals surface area contributed by atoms with E-state index in [4.69, 9.17) is 32.5 Å². The molecule has 0 atom stereocenters. The van der Waals surface area contributed by atoms with Gasteiger partial charge in [-0.1, -0.05) is 40.4 Å². The Labute approximate surface area is 184 Å². The van der Waals surface area contributed by atoms with E-state index in [1.807, 2.05) is 0 Å². The second kappa shape index (κ2) is 7.23. The zero-order valence-electron chi connectivity index (χ0n) is 15.5. The van der Waals surface area contributed by atoms with Crippen LogP contribution in [0.1, 0.15) is 31.1 Å². The molecule has 0 saturated carbocycles. The third kappa shape index (κ3) is 3.34. The number of halogens is 2. The minimum absolute atomic E-state index is 0.0795. The van der Waals surface area contributed by atoms with Crippen LogP contribution in [0.3, 0.4) is 0 Å². The number of amides is 2. The fourth-order valence-electron chi connectivity index (χ4n) is 3.24. The summed E-state index contributed by atoms with van der Waals surface area (Å²) in [5, 5.41) is 1.31. The minimum atomic E-state index is -0.889. The monoisotopic (exact) mass is 452 g/mol. The lowest BCUT2D eigenvalue weighted by atomic mass is 10.1. The lowest BCUT2D eigenvalue weighted by molar-refractivity contribution is -0.0584. The van der Waals surface area contributed by atoms with Crippen LogP contribution in [0.15, 0.2) is 65.1 Å². The Balaban J connectivity index is 1.42. The highest BCUT2D eigenvalue weighted by atomic mass is 35.5. The standard InChI is InChI=1S/C22H10Cl2N2O5/c23-13-7-12(8-14(24)10-13)19-25-17-6-5-11(9-18(17)30-19)22(29)31-26-20(27)15-3-1-2-4-16(15)21(26)28/h1-10H. The van der Waals surface area contributed by atoms with Crippen molar-refractivity contribution in [1.29, 1.82) is 0 Å². The normalized spacial score (nSPS) is 13.0. The zero-order valence-corrected chi connectivity index (χ0v) is 17.0. The van der Waals surface area contributed by atoms with Crippen molar-refractivity contribution in [3.63, 3.8) is 0 Å². The van der Waals surface area contributed by atoms with Crippen molar-refractivity contribution >= 4 is 52.1 Å². The van der Waals surface area contributed by atoms with Crippen LogP contribution >= 0.6 is 23.2 Å². The van der Waals surface area contributed by atoms with E-state index < -0.39 is 17.8 Å². The summed E-state index contributed by atoms with van der Waals surface area (Å²) < 4.78 is 5.73. The van der Waals surface area contributed by atoms with Crippen LogP contribution in [0, 0.1) is 0 Å². The molecule has 152 valence electrons. The van der Waals surface area contributed by atoms with Crippen LogP contribution in [0.2, 0.25) is 10.0 Å². The number of oxazole rings is 1. The summed E-state index contributed by atoms with van der Waals surface area (Å²) in [6.45, 7) is 0. The van der Waals surface area contributed by atoms with Gasteiger partial charge in [0.2, 0.25) is 5.89 Å². The Morgan fingerprint density at radius 1 is 0.903 bits per heavy atom. The van der Waals surface area contributed by atoms with E-state index >= 15 is 0 Å². The number of fused-ring (bicyclic) bond motifs is 2. The third-order valence-electron chi connectivity index (χ3n) is 4.66. The highest BCUT2D eigenvalue weighted by molar-refractivity contribution is 6.35. The molecule has 3 aromatic carbocycles. The van der Waals surface area contributed by atoms with E-state index in [0.717, 1.165) is 0 Å². The molecule has 0 N–H and O–H groups in total. The molecule has 0 fully saturated rings. The van der Waals surface area contributed by atoms with Gasteiger partial charge in [0.15, 0.2) is 5.58 Å². The van der Waals surface area contributed by atoms with Crippen molar-refractivity contribution in [2.45, 2.75) is 0 Å². The molecule has 1 aliphatic rings. The second-order valence-electron chi connectivity index (χ2n) is 6.69. The average Bonchev–Trinajstić information content (AvgIpc) is 3.28. The van der Waals surface area contributed by atoms with Gasteiger partial charge in [-0.3, -0.25) is 9.59 Å². The molecule has 0 spiro atoms. The van der Waals surface area contributed by atoms with Gasteiger partial charge in [-0.25, -0.2) is 9.78 Å². The molecule has 0 unspecified atom stereocenters. The van der Waals surface area contributed by atoms with Crippen molar-refractivity contribution in [3.05, 3.63) is 87.4 Å². The SMILES string of the molecule is O=C(ON1C(=O)c2ccccc2C1=O)c1ccc2nc(-c3cc(Cl)cc(Cl)c3)oc2c1. The van der Waals surface area contributed by atoms with E-state index in [9.17, 15) is 14.4 Å². The van der Waals surface area contributed by atoms with Crippen LogP contribution in [-0.4, -0.2) is 27.8 Å². The Morgan fingerprint density at radius 2 is 1.55 bits per heavy atom. The fourth-order valence-corrected chi connectivity index (χ4v) is 3.76. The van der Waals surface area contributed by atoms with Crippen LogP contribution < -0.4 is 0 Å². The lowest BCUT2D eigenvalue weighted by Crippen LogP contribution is -2.32. The number of benzene rings is 3. The molecule has 4 aromatic rings. The number of nitrogens with zero attached hydrogens (tertiary/aromatic N) is 2. The summed E-state index contributed by atoms with van der Waals surface area (Å²) >= 11 is 12.1. The molecule has 7 nitrogen and oxygen atoms in total. The summed E-state index contributed by atoms with van der Waals surface area (Å²) in [6, 6.07) is 15.6. The first-order valence-corrected chi connectivity index (χ1v) is 9.73. The first-order chi connectivity index (χ1) is 14.9. The number of aromatic nitrogens is 1. The van der Waals surface area contributed by atoms with Crippen LogP contribution in [-0.2, 0) is 4.84 Å². The maximum Gasteiger partial charge on any atom is 0.364 e. The first kappa shape index (κ1) is 19.3. The number of hydrogen-bond acceptors (Lipinski definition) is 6. The average molecular weight is 453 g/mol. The molecule has 2 amide bonds. The molecule has 2 heterocycles. The van der Waals surface area contributed by atoms with Gasteiger partial charge in [-0.2, -0.15) is 0 Å². The molecule has 0 aliphatic carbocycles. The third-order valence-corrected chi connectivity index (χ3v) is 5.10. The maximum absolute atomic E-state index is 12.6. The maximum atomic E-state index is 12.6. The molecule has 0 bridgehead atoms. The van der Waals surface area contributed by atoms with E-state index in [1.54, 1.807) is 36.4 Å². The minimum Gasteiger partial charge on any atom is -0.436 e. The number of hydrogen-bond donors (Lipinski definition) is 0. The quantitative estimate of drug-likeness (QED) is 0.398. The summed E-state index contributed by atoms with van der Waals surface area (Å²) in [5.41, 5.74) is 1.80. The van der Waals surface area contributed by atoms with Gasteiger partial charge in [0.05, 0.1) is 16.7 Å². The predicted molar refractivity (Wildman–Crippen MR) is 112 cm³/mol. The zero-order chi connectivity index (χ0) is 21.7. The van der Waals surface area contributed by atoms with E-state index in [0.29, 0.717) is 31.8 Å². The van der Waals surface area contributed by atoms with Gasteiger partial charge >= 0.3 is 5.97 Å². The number of carbonyl (C=O) groups is 3. The largest absolute Gasteiger partial charge is 0.436 e. The Hall–Kier alpha value is -3.68. The molecule has 0 radical (unpaired) electrons. The van der Waals surface area contributed by atoms with Gasteiger partial charge in [0, 0.05) is 15.6 Å². The van der Waals surface area contributed by atoms with Crippen LogP contribution in [0.4, 0.5) is 0 Å². The summed E-state index contributed by atoms with van der Waals surface area (Å²) in [4.78, 5) is 46.8. The van der Waals surface area contributed by atoms with Crippen molar-refractivity contribution in [2.24, 2.45) is 0 Å². The highest BCUT2D eigenvalue weighted by Crippen LogP contribution is 2.30. The van der Waals surface area contributed by atoms with Crippen molar-refractivity contribution in [2.75, 3.05) is 0 Å². The molecule has 1 aliphatic heterocycles. The molecular formula is C22H10Cl2N2O5. The van der Waals surface area contributed by atoms with Gasteiger partial charge in [0.1, 0.15) is 5.52 Å². The van der Waals surface area contributed by atoms with Gasteiger partial charge in [0.25, 0.3) is 11.8 Å². The van der Waals surface area contributed by atoms with Crippen molar-refractivity contribution < 1.29 is 23.6 Å². The summed E-state index contributed by atoms with van der Waals surface area (Å²) in [7, 11) is 0. The Bertz CT molecular complexity index is 1360. The molecule has 5 rings (SSSR count). The van der Waals surface area contributed by atoms with E-state index in [1.165, 1.54) is 24.3 Å². The van der Waals surface area contributed by atoms with Gasteiger partial charge in [-0.05, 0) is 48.5 Å². The molecule has 31 heavy (non-hydrogen) atoms. The molecular weight excluding hydrogens is 443 g/mol. The van der Waals surface area contributed by atoms with Crippen molar-refractivity contribution in [3.8, 4) is 11.5 Å². The van der Waals surface area contributed by atoms with Crippen LogP contribution in [0.5, 0.6) is 0 Å². The highest BCUT2D eigenvalue weighted by Gasteiger charge is 2.38. The molecule has 1 aromatic heterocycles. The number of imide groups is 1. The Kier molecular flexibility index (Phi) is 4.50. The summed E-state index contributed by atoms with van der Waals surface area (Å²) in [5.74, 6) is -2.02. The lowest BCUT2D eigenvalue weighted by Gasteiger charge is -2.12. The molecule has 9 heteroatoms. The van der Waals surface area contributed by atoms with E-state index in [2.05, 4.69) is 4.98 Å². The predicted octanol–water partition coefficient (Wildman–Crippen LogP) is 5.17. The fraction of sp³-hybridized carbons (Fsp3) is 0. The van der Waals surface area contributed by atoms with Crippen LogP contribution in [0.25, 0.3) is 22.6 Å². The topological polar surface area (TPSA) is 89.7 Å². The first-order valence-electron chi connectivity index (χ1n) is 8.98. The number of carbonyl (C=O) groups excluding carboxylic acids is 3. The van der Waals surface area contributed by atoms with Crippen molar-refractivity contribution in [1.82, 2.24) is 10.0 Å². The van der Waals surface area contributed by atoms with Gasteiger partial charge in [-0.15, -0.1) is 0 Å². The second-order valence-corrected chi connectivity index (χ2v) is 7.56. The number of hydroxylamine groups is 2. The smallest absolute Gasteiger partial charge is 0.364 e. The molecule has 0 saturated heterocycles. The summed E-state index contributed by atoms with van der Waals surface area (Å²) in [6.07, 6.45) is 0. The van der Waals surface area contributed by atoms with E-state index in [-0.39, 0.29) is 22.6 Å². The van der Waals surface area contributed by atoms with Gasteiger partial charge < -0.3 is 9.25 Å². The Morgan fingerprint density at radius 3 is 2.19 bits per heavy atom.